The Bertz CT molecular complexity index is 597. The highest BCUT2D eigenvalue weighted by Crippen LogP contribution is 2.23. The van der Waals surface area contributed by atoms with E-state index in [2.05, 4.69) is 11.9 Å². The van der Waals surface area contributed by atoms with Crippen LogP contribution in [0.1, 0.15) is 18.9 Å². The van der Waals surface area contributed by atoms with Crippen molar-refractivity contribution in [2.45, 2.75) is 19.8 Å². The van der Waals surface area contributed by atoms with Crippen LogP contribution in [-0.2, 0) is 21.2 Å². The van der Waals surface area contributed by atoms with E-state index < -0.39 is 10.0 Å². The van der Waals surface area contributed by atoms with Crippen LogP contribution in [0.2, 0.25) is 0 Å². The van der Waals surface area contributed by atoms with Crippen LogP contribution in [0.15, 0.2) is 36.9 Å². The van der Waals surface area contributed by atoms with Crippen LogP contribution in [0, 0.1) is 0 Å². The van der Waals surface area contributed by atoms with Crippen molar-refractivity contribution in [3.63, 3.8) is 0 Å². The molecule has 116 valence electrons. The molecule has 0 aromatic heterocycles. The molecule has 0 radical (unpaired) electrons. The maximum atomic E-state index is 12.0. The predicted molar refractivity (Wildman–Crippen MR) is 85.8 cm³/mol. The highest BCUT2D eigenvalue weighted by atomic mass is 32.2. The third-order valence-corrected chi connectivity index (χ3v) is 4.21. The minimum Gasteiger partial charge on any atom is -0.353 e. The third kappa shape index (κ3) is 5.23. The third-order valence-electron chi connectivity index (χ3n) is 3.03. The molecule has 0 unspecified atom stereocenters. The average molecular weight is 310 g/mol. The maximum absolute atomic E-state index is 12.0. The molecule has 0 aliphatic rings. The SMILES string of the molecule is C=CCNC(=O)CCN(c1ccccc1CC)S(C)(=O)=O. The Balaban J connectivity index is 2.92. The number of carbonyl (C=O) groups excluding carboxylic acids is 1. The van der Waals surface area contributed by atoms with Crippen molar-refractivity contribution >= 4 is 21.6 Å². The number of sulfonamides is 1. The Kier molecular flexibility index (Phi) is 6.42. The van der Waals surface area contributed by atoms with Crippen molar-refractivity contribution in [3.05, 3.63) is 42.5 Å². The van der Waals surface area contributed by atoms with Crippen LogP contribution in [0.25, 0.3) is 0 Å². The Labute approximate surface area is 126 Å². The molecular weight excluding hydrogens is 288 g/mol. The topological polar surface area (TPSA) is 66.5 Å². The van der Waals surface area contributed by atoms with Crippen molar-refractivity contribution in [1.29, 1.82) is 0 Å². The van der Waals surface area contributed by atoms with E-state index in [0.29, 0.717) is 12.2 Å². The van der Waals surface area contributed by atoms with Gasteiger partial charge in [0.25, 0.3) is 0 Å². The summed E-state index contributed by atoms with van der Waals surface area (Å²) in [6.07, 6.45) is 3.57. The molecular formula is C15H22N2O3S. The van der Waals surface area contributed by atoms with Gasteiger partial charge in [0.1, 0.15) is 0 Å². The Morgan fingerprint density at radius 1 is 1.38 bits per heavy atom. The lowest BCUT2D eigenvalue weighted by atomic mass is 10.1. The molecule has 0 spiro atoms. The lowest BCUT2D eigenvalue weighted by Gasteiger charge is -2.24. The standard InChI is InChI=1S/C15H22N2O3S/c1-4-11-16-15(18)10-12-17(21(3,19)20)14-9-7-6-8-13(14)5-2/h4,6-9H,1,5,10-12H2,2-3H3,(H,16,18). The Morgan fingerprint density at radius 3 is 2.62 bits per heavy atom. The quantitative estimate of drug-likeness (QED) is 0.743. The predicted octanol–water partition coefficient (Wildman–Crippen LogP) is 1.71. The normalized spacial score (nSPS) is 11.0. The van der Waals surface area contributed by atoms with Gasteiger partial charge in [-0.2, -0.15) is 0 Å². The van der Waals surface area contributed by atoms with Gasteiger partial charge in [-0.3, -0.25) is 9.10 Å². The molecule has 0 fully saturated rings. The lowest BCUT2D eigenvalue weighted by Crippen LogP contribution is -2.35. The number of amides is 1. The summed E-state index contributed by atoms with van der Waals surface area (Å²) in [5.41, 5.74) is 1.58. The Morgan fingerprint density at radius 2 is 2.05 bits per heavy atom. The number of carbonyl (C=O) groups is 1. The number of hydrogen-bond acceptors (Lipinski definition) is 3. The second-order valence-corrected chi connectivity index (χ2v) is 6.57. The number of rotatable bonds is 8. The molecule has 5 nitrogen and oxygen atoms in total. The van der Waals surface area contributed by atoms with E-state index in [-0.39, 0.29) is 18.9 Å². The first kappa shape index (κ1) is 17.2. The molecule has 0 bridgehead atoms. The number of para-hydroxylation sites is 1. The van der Waals surface area contributed by atoms with Crippen LogP contribution in [0.4, 0.5) is 5.69 Å². The van der Waals surface area contributed by atoms with Gasteiger partial charge in [0.2, 0.25) is 15.9 Å². The maximum Gasteiger partial charge on any atom is 0.232 e. The minimum absolute atomic E-state index is 0.110. The number of nitrogens with zero attached hydrogens (tertiary/aromatic N) is 1. The Hall–Kier alpha value is -1.82. The van der Waals surface area contributed by atoms with Crippen molar-refractivity contribution in [2.75, 3.05) is 23.7 Å². The molecule has 0 saturated heterocycles. The molecule has 1 N–H and O–H groups in total. The van der Waals surface area contributed by atoms with E-state index in [9.17, 15) is 13.2 Å². The van der Waals surface area contributed by atoms with Crippen molar-refractivity contribution in [1.82, 2.24) is 5.32 Å². The van der Waals surface area contributed by atoms with Gasteiger partial charge in [-0.1, -0.05) is 31.2 Å². The van der Waals surface area contributed by atoms with Gasteiger partial charge in [-0.05, 0) is 18.1 Å². The molecule has 21 heavy (non-hydrogen) atoms. The fourth-order valence-electron chi connectivity index (χ4n) is 2.00. The summed E-state index contributed by atoms with van der Waals surface area (Å²) in [5, 5.41) is 2.64. The molecule has 1 rings (SSSR count). The van der Waals surface area contributed by atoms with Gasteiger partial charge in [0, 0.05) is 19.5 Å². The van der Waals surface area contributed by atoms with Gasteiger partial charge in [0.05, 0.1) is 11.9 Å². The van der Waals surface area contributed by atoms with E-state index >= 15 is 0 Å². The zero-order chi connectivity index (χ0) is 15.9. The lowest BCUT2D eigenvalue weighted by molar-refractivity contribution is -0.120. The summed E-state index contributed by atoms with van der Waals surface area (Å²) >= 11 is 0. The van der Waals surface area contributed by atoms with E-state index in [1.54, 1.807) is 18.2 Å². The summed E-state index contributed by atoms with van der Waals surface area (Å²) in [5.74, 6) is -0.197. The zero-order valence-corrected chi connectivity index (χ0v) is 13.3. The van der Waals surface area contributed by atoms with Gasteiger partial charge in [-0.15, -0.1) is 6.58 Å². The molecule has 1 amide bonds. The van der Waals surface area contributed by atoms with E-state index in [0.717, 1.165) is 18.2 Å². The van der Waals surface area contributed by atoms with Crippen molar-refractivity contribution in [2.24, 2.45) is 0 Å². The molecule has 0 saturated carbocycles. The number of hydrogen-bond donors (Lipinski definition) is 1. The first-order valence-corrected chi connectivity index (χ1v) is 8.68. The molecule has 0 heterocycles. The van der Waals surface area contributed by atoms with Gasteiger partial charge >= 0.3 is 0 Å². The second-order valence-electron chi connectivity index (χ2n) is 4.66. The summed E-state index contributed by atoms with van der Waals surface area (Å²) in [4.78, 5) is 11.6. The second kappa shape index (κ2) is 7.83. The first-order chi connectivity index (χ1) is 9.90. The molecule has 1 aromatic rings. The van der Waals surface area contributed by atoms with Gasteiger partial charge in [0.15, 0.2) is 0 Å². The zero-order valence-electron chi connectivity index (χ0n) is 12.5. The summed E-state index contributed by atoms with van der Waals surface area (Å²) in [7, 11) is -3.43. The fraction of sp³-hybridized carbons (Fsp3) is 0.400. The average Bonchev–Trinajstić information content (AvgIpc) is 2.44. The van der Waals surface area contributed by atoms with Crippen LogP contribution >= 0.6 is 0 Å². The minimum atomic E-state index is -3.43. The smallest absolute Gasteiger partial charge is 0.232 e. The summed E-state index contributed by atoms with van der Waals surface area (Å²) < 4.78 is 25.3. The first-order valence-electron chi connectivity index (χ1n) is 6.83. The van der Waals surface area contributed by atoms with Gasteiger partial charge < -0.3 is 5.32 Å². The summed E-state index contributed by atoms with van der Waals surface area (Å²) in [6.45, 7) is 5.99. The number of anilines is 1. The number of aryl methyl sites for hydroxylation is 1. The van der Waals surface area contributed by atoms with E-state index in [1.807, 2.05) is 19.1 Å². The van der Waals surface area contributed by atoms with Crippen LogP contribution in [0.3, 0.4) is 0 Å². The summed E-state index contributed by atoms with van der Waals surface area (Å²) in [6, 6.07) is 7.33. The van der Waals surface area contributed by atoms with Crippen molar-refractivity contribution in [3.8, 4) is 0 Å². The monoisotopic (exact) mass is 310 g/mol. The van der Waals surface area contributed by atoms with Crippen LogP contribution < -0.4 is 9.62 Å². The molecule has 0 aliphatic heterocycles. The molecule has 0 aliphatic carbocycles. The fourth-order valence-corrected chi connectivity index (χ4v) is 2.95. The number of nitrogens with one attached hydrogen (secondary N) is 1. The highest BCUT2D eigenvalue weighted by molar-refractivity contribution is 7.92. The largest absolute Gasteiger partial charge is 0.353 e. The van der Waals surface area contributed by atoms with E-state index in [1.165, 1.54) is 4.31 Å². The molecule has 6 heteroatoms. The highest BCUT2D eigenvalue weighted by Gasteiger charge is 2.20. The molecule has 1 aromatic carbocycles. The molecule has 0 atom stereocenters. The number of benzene rings is 1. The van der Waals surface area contributed by atoms with Gasteiger partial charge in [-0.25, -0.2) is 8.42 Å². The van der Waals surface area contributed by atoms with E-state index in [4.69, 9.17) is 0 Å². The van der Waals surface area contributed by atoms with Crippen molar-refractivity contribution < 1.29 is 13.2 Å². The van der Waals surface area contributed by atoms with Crippen LogP contribution in [0.5, 0.6) is 0 Å². The van der Waals surface area contributed by atoms with Crippen LogP contribution in [-0.4, -0.2) is 33.7 Å².